The van der Waals surface area contributed by atoms with E-state index in [4.69, 9.17) is 14.2 Å². The molecule has 5 aliphatic rings. The number of carbonyl (C=O) groups excluding carboxylic acids is 2. The number of ether oxygens (including phenoxy) is 3. The van der Waals surface area contributed by atoms with Crippen LogP contribution in [0.5, 0.6) is 0 Å². The number of hydrogen-bond donors (Lipinski definition) is 2. The van der Waals surface area contributed by atoms with Gasteiger partial charge < -0.3 is 24.4 Å². The van der Waals surface area contributed by atoms with Crippen molar-refractivity contribution >= 4 is 11.9 Å². The second kappa shape index (κ2) is 10.6. The quantitative estimate of drug-likeness (QED) is 0.335. The highest BCUT2D eigenvalue weighted by atomic mass is 16.7. The lowest BCUT2D eigenvalue weighted by Gasteiger charge is -2.70. The van der Waals surface area contributed by atoms with Crippen molar-refractivity contribution in [2.75, 3.05) is 6.61 Å². The number of esters is 2. The van der Waals surface area contributed by atoms with Crippen LogP contribution in [0.1, 0.15) is 120 Å². The Kier molecular flexibility index (Phi) is 8.05. The minimum absolute atomic E-state index is 0.0130. The van der Waals surface area contributed by atoms with Gasteiger partial charge in [-0.2, -0.15) is 0 Å². The zero-order valence-electron chi connectivity index (χ0n) is 27.5. The van der Waals surface area contributed by atoms with Gasteiger partial charge in [-0.15, -0.1) is 0 Å². The van der Waals surface area contributed by atoms with Crippen LogP contribution in [0.4, 0.5) is 0 Å². The first-order valence-electron chi connectivity index (χ1n) is 16.7. The van der Waals surface area contributed by atoms with E-state index in [1.54, 1.807) is 0 Å². The van der Waals surface area contributed by atoms with Crippen molar-refractivity contribution in [2.24, 2.45) is 45.3 Å². The summed E-state index contributed by atoms with van der Waals surface area (Å²) >= 11 is 0. The van der Waals surface area contributed by atoms with E-state index in [2.05, 4.69) is 34.6 Å². The van der Waals surface area contributed by atoms with E-state index in [1.165, 1.54) is 19.8 Å². The van der Waals surface area contributed by atoms with Gasteiger partial charge in [0, 0.05) is 24.5 Å². The number of carbonyl (C=O) groups is 2. The lowest BCUT2D eigenvalue weighted by molar-refractivity contribution is -0.233. The largest absolute Gasteiger partial charge is 0.461 e. The van der Waals surface area contributed by atoms with Crippen molar-refractivity contribution in [3.63, 3.8) is 0 Å². The summed E-state index contributed by atoms with van der Waals surface area (Å²) in [5.41, 5.74) is 0.335. The molecule has 4 aliphatic carbocycles. The Morgan fingerprint density at radius 3 is 2.29 bits per heavy atom. The second-order valence-electron chi connectivity index (χ2n) is 15.9. The van der Waals surface area contributed by atoms with Crippen LogP contribution >= 0.6 is 0 Å². The first-order valence-corrected chi connectivity index (χ1v) is 16.7. The molecular weight excluding hydrogens is 532 g/mol. The Hall–Kier alpha value is -1.44. The van der Waals surface area contributed by atoms with Crippen LogP contribution in [0.25, 0.3) is 0 Å². The number of aliphatic hydroxyl groups is 2. The minimum atomic E-state index is -1.77. The average molecular weight is 589 g/mol. The molecule has 0 amide bonds. The Labute approximate surface area is 253 Å². The highest BCUT2D eigenvalue weighted by Crippen LogP contribution is 2.74. The highest BCUT2D eigenvalue weighted by Gasteiger charge is 2.72. The van der Waals surface area contributed by atoms with Crippen LogP contribution in [0.3, 0.4) is 0 Å². The van der Waals surface area contributed by atoms with Crippen LogP contribution in [0.2, 0.25) is 0 Å². The van der Waals surface area contributed by atoms with Crippen LogP contribution in [0, 0.1) is 45.3 Å². The smallest absolute Gasteiger partial charge is 0.337 e. The first kappa shape index (κ1) is 32.0. The maximum atomic E-state index is 13.7. The van der Waals surface area contributed by atoms with Gasteiger partial charge in [-0.1, -0.05) is 61.3 Å². The van der Waals surface area contributed by atoms with Crippen molar-refractivity contribution < 1.29 is 34.0 Å². The molecule has 0 bridgehead atoms. The summed E-state index contributed by atoms with van der Waals surface area (Å²) < 4.78 is 18.4. The van der Waals surface area contributed by atoms with Crippen molar-refractivity contribution in [2.45, 2.75) is 144 Å². The van der Waals surface area contributed by atoms with Gasteiger partial charge in [0.05, 0.1) is 24.2 Å². The third-order valence-corrected chi connectivity index (χ3v) is 13.5. The van der Waals surface area contributed by atoms with Crippen molar-refractivity contribution in [1.82, 2.24) is 0 Å². The molecule has 0 aromatic carbocycles. The molecule has 1 heterocycles. The Balaban J connectivity index is 1.66. The molecule has 0 radical (unpaired) electrons. The summed E-state index contributed by atoms with van der Waals surface area (Å²) in [5.74, 6) is -1.94. The zero-order valence-corrected chi connectivity index (χ0v) is 27.5. The molecule has 5 rings (SSSR count). The Morgan fingerprint density at radius 1 is 1.00 bits per heavy atom. The number of fused-ring (bicyclic) bond motifs is 6. The fourth-order valence-corrected chi connectivity index (χ4v) is 11.2. The molecule has 238 valence electrons. The van der Waals surface area contributed by atoms with Gasteiger partial charge in [0.2, 0.25) is 5.79 Å². The fourth-order valence-electron chi connectivity index (χ4n) is 11.2. The SMILES string of the molecule is CCO[C@@H]1C[C@H]2[C@]3(C)CC[C@H]4[C@@](C)(CC)CCC[C@]4(C)[C@H]3C[C@H](OC(=O)CC(O)C(C)C)[C@]2(C)C2=C1[C@](C)(O)OC2=O. The molecule has 1 aliphatic heterocycles. The number of rotatable bonds is 7. The third-order valence-electron chi connectivity index (χ3n) is 13.5. The van der Waals surface area contributed by atoms with E-state index in [-0.39, 0.29) is 34.5 Å². The fraction of sp³-hybridized carbons (Fsp3) is 0.886. The van der Waals surface area contributed by atoms with Gasteiger partial charge in [0.1, 0.15) is 6.10 Å². The molecule has 11 atom stereocenters. The summed E-state index contributed by atoms with van der Waals surface area (Å²) in [7, 11) is 0. The first-order chi connectivity index (χ1) is 19.5. The predicted molar refractivity (Wildman–Crippen MR) is 160 cm³/mol. The summed E-state index contributed by atoms with van der Waals surface area (Å²) in [6, 6.07) is 0. The number of aliphatic hydroxyl groups excluding tert-OH is 1. The van der Waals surface area contributed by atoms with E-state index in [1.807, 2.05) is 20.8 Å². The van der Waals surface area contributed by atoms with Crippen LogP contribution < -0.4 is 0 Å². The standard InChI is InChI=1S/C35H56O7/c1-10-31(5)14-12-15-32(6)23(31)13-16-33(7)24(32)19-26(41-27(37)17-21(36)20(3)4)34(8)25(33)18-22(40-11-2)28-29(34)30(38)42-35(28,9)39/h20-26,36,39H,10-19H2,1-9H3/t21?,22-,23+,24-,25+,26+,31+,32+,33-,34-,35-/m1/s1. The molecule has 7 nitrogen and oxygen atoms in total. The minimum Gasteiger partial charge on any atom is -0.461 e. The lowest BCUT2D eigenvalue weighted by atomic mass is 9.34. The van der Waals surface area contributed by atoms with E-state index < -0.39 is 41.5 Å². The highest BCUT2D eigenvalue weighted by molar-refractivity contribution is 5.95. The Morgan fingerprint density at radius 2 is 1.67 bits per heavy atom. The summed E-state index contributed by atoms with van der Waals surface area (Å²) in [6.45, 7) is 19.5. The molecule has 42 heavy (non-hydrogen) atoms. The Bertz CT molecular complexity index is 1130. The van der Waals surface area contributed by atoms with Crippen LogP contribution in [0.15, 0.2) is 11.1 Å². The molecule has 0 saturated heterocycles. The monoisotopic (exact) mass is 588 g/mol. The lowest BCUT2D eigenvalue weighted by Crippen LogP contribution is -2.67. The number of cyclic esters (lactones) is 1. The molecular formula is C35H56O7. The molecule has 0 spiro atoms. The van der Waals surface area contributed by atoms with E-state index >= 15 is 0 Å². The zero-order chi connectivity index (χ0) is 31.0. The molecule has 0 aromatic heterocycles. The van der Waals surface area contributed by atoms with E-state index in [0.717, 1.165) is 25.7 Å². The normalized spacial score (nSPS) is 47.2. The predicted octanol–water partition coefficient (Wildman–Crippen LogP) is 6.34. The maximum Gasteiger partial charge on any atom is 0.337 e. The van der Waals surface area contributed by atoms with Gasteiger partial charge in [-0.25, -0.2) is 4.79 Å². The van der Waals surface area contributed by atoms with Crippen LogP contribution in [-0.2, 0) is 23.8 Å². The molecule has 1 unspecified atom stereocenters. The van der Waals surface area contributed by atoms with Crippen molar-refractivity contribution in [3.8, 4) is 0 Å². The van der Waals surface area contributed by atoms with Gasteiger partial charge in [0.25, 0.3) is 0 Å². The van der Waals surface area contributed by atoms with E-state index in [0.29, 0.717) is 42.4 Å². The van der Waals surface area contributed by atoms with Crippen molar-refractivity contribution in [3.05, 3.63) is 11.1 Å². The van der Waals surface area contributed by atoms with Gasteiger partial charge >= 0.3 is 11.9 Å². The topological polar surface area (TPSA) is 102 Å². The average Bonchev–Trinajstić information content (AvgIpc) is 3.15. The summed E-state index contributed by atoms with van der Waals surface area (Å²) in [6.07, 6.45) is 6.36. The van der Waals surface area contributed by atoms with Crippen LogP contribution in [-0.4, -0.2) is 52.9 Å². The molecule has 3 fully saturated rings. The summed E-state index contributed by atoms with van der Waals surface area (Å²) in [4.78, 5) is 27.2. The maximum absolute atomic E-state index is 13.7. The number of hydrogen-bond acceptors (Lipinski definition) is 7. The van der Waals surface area contributed by atoms with E-state index in [9.17, 15) is 19.8 Å². The van der Waals surface area contributed by atoms with Gasteiger partial charge in [0.15, 0.2) is 0 Å². The van der Waals surface area contributed by atoms with Gasteiger partial charge in [-0.05, 0) is 85.4 Å². The molecule has 7 heteroatoms. The third kappa shape index (κ3) is 4.53. The van der Waals surface area contributed by atoms with Crippen molar-refractivity contribution in [1.29, 1.82) is 0 Å². The molecule has 3 saturated carbocycles. The van der Waals surface area contributed by atoms with Gasteiger partial charge in [-0.3, -0.25) is 4.79 Å². The molecule has 2 N–H and O–H groups in total. The molecule has 0 aromatic rings. The summed E-state index contributed by atoms with van der Waals surface area (Å²) in [5, 5.41) is 21.9. The second-order valence-corrected chi connectivity index (χ2v) is 15.9.